The van der Waals surface area contributed by atoms with Crippen LogP contribution in [0.2, 0.25) is 5.15 Å². The lowest BCUT2D eigenvalue weighted by atomic mass is 9.86. The normalized spacial score (nSPS) is 11.3. The van der Waals surface area contributed by atoms with Crippen molar-refractivity contribution >= 4 is 17.6 Å². The number of carbonyl (C=O) groups is 1. The number of pyridine rings is 1. The lowest BCUT2D eigenvalue weighted by Crippen LogP contribution is -2.10. The molecule has 1 aromatic carbocycles. The second-order valence-electron chi connectivity index (χ2n) is 5.85. The third-order valence-corrected chi connectivity index (χ3v) is 3.59. The van der Waals surface area contributed by atoms with Crippen LogP contribution in [-0.4, -0.2) is 18.1 Å². The highest BCUT2D eigenvalue weighted by Crippen LogP contribution is 2.26. The van der Waals surface area contributed by atoms with E-state index < -0.39 is 5.97 Å². The number of nitrogens with zero attached hydrogens (tertiary/aromatic N) is 1. The van der Waals surface area contributed by atoms with E-state index in [9.17, 15) is 4.79 Å². The summed E-state index contributed by atoms with van der Waals surface area (Å²) in [6.07, 6.45) is 0. The van der Waals surface area contributed by atoms with Crippen LogP contribution >= 0.6 is 11.6 Å². The predicted molar refractivity (Wildman–Crippen MR) is 84.7 cm³/mol. The van der Waals surface area contributed by atoms with E-state index >= 15 is 0 Å². The van der Waals surface area contributed by atoms with Gasteiger partial charge in [0.25, 0.3) is 0 Å². The van der Waals surface area contributed by atoms with Gasteiger partial charge in [0.1, 0.15) is 5.15 Å². The van der Waals surface area contributed by atoms with Gasteiger partial charge in [0.2, 0.25) is 0 Å². The van der Waals surface area contributed by atoms with E-state index in [-0.39, 0.29) is 16.1 Å². The van der Waals surface area contributed by atoms with Crippen LogP contribution in [-0.2, 0) is 10.2 Å². The van der Waals surface area contributed by atoms with Crippen LogP contribution in [0.5, 0.6) is 0 Å². The Balaban J connectivity index is 2.35. The fourth-order valence-electron chi connectivity index (χ4n) is 2.00. The zero-order valence-electron chi connectivity index (χ0n) is 12.6. The molecule has 0 bridgehead atoms. The SMILES string of the molecule is COC(=O)c1ccc(-c2ccc(C(C)(C)C)cc2)nc1Cl. The summed E-state index contributed by atoms with van der Waals surface area (Å²) >= 11 is 6.04. The van der Waals surface area contributed by atoms with E-state index in [0.29, 0.717) is 0 Å². The van der Waals surface area contributed by atoms with Gasteiger partial charge >= 0.3 is 5.97 Å². The fraction of sp³-hybridized carbons (Fsp3) is 0.294. The average Bonchev–Trinajstić information content (AvgIpc) is 2.45. The number of benzene rings is 1. The molecule has 3 nitrogen and oxygen atoms in total. The first kappa shape index (κ1) is 15.5. The molecule has 0 unspecified atom stereocenters. The Morgan fingerprint density at radius 2 is 1.71 bits per heavy atom. The maximum atomic E-state index is 11.5. The first-order valence-corrected chi connectivity index (χ1v) is 7.06. The van der Waals surface area contributed by atoms with E-state index in [2.05, 4.69) is 42.6 Å². The Labute approximate surface area is 129 Å². The van der Waals surface area contributed by atoms with E-state index in [0.717, 1.165) is 11.3 Å². The van der Waals surface area contributed by atoms with Gasteiger partial charge in [0.05, 0.1) is 18.4 Å². The van der Waals surface area contributed by atoms with Crippen LogP contribution in [0.25, 0.3) is 11.3 Å². The van der Waals surface area contributed by atoms with Crippen molar-refractivity contribution in [2.24, 2.45) is 0 Å². The van der Waals surface area contributed by atoms with Crippen LogP contribution in [0.15, 0.2) is 36.4 Å². The molecule has 0 N–H and O–H groups in total. The summed E-state index contributed by atoms with van der Waals surface area (Å²) in [4.78, 5) is 15.8. The molecule has 0 amide bonds. The van der Waals surface area contributed by atoms with Crippen molar-refractivity contribution in [1.82, 2.24) is 4.98 Å². The number of halogens is 1. The first-order chi connectivity index (χ1) is 9.82. The molecule has 4 heteroatoms. The molecule has 21 heavy (non-hydrogen) atoms. The Bertz CT molecular complexity index is 657. The lowest BCUT2D eigenvalue weighted by molar-refractivity contribution is 0.0600. The molecule has 0 fully saturated rings. The molecular weight excluding hydrogens is 286 g/mol. The van der Waals surface area contributed by atoms with Gasteiger partial charge in [-0.3, -0.25) is 0 Å². The zero-order chi connectivity index (χ0) is 15.6. The molecule has 0 atom stereocenters. The smallest absolute Gasteiger partial charge is 0.341 e. The number of methoxy groups -OCH3 is 1. The first-order valence-electron chi connectivity index (χ1n) is 6.68. The van der Waals surface area contributed by atoms with Gasteiger partial charge in [-0.15, -0.1) is 0 Å². The Kier molecular flexibility index (Phi) is 4.33. The van der Waals surface area contributed by atoms with E-state index in [1.807, 2.05) is 12.1 Å². The second kappa shape index (κ2) is 5.86. The van der Waals surface area contributed by atoms with Crippen molar-refractivity contribution in [3.05, 3.63) is 52.7 Å². The molecule has 2 rings (SSSR count). The largest absolute Gasteiger partial charge is 0.465 e. The van der Waals surface area contributed by atoms with Crippen LogP contribution in [0.1, 0.15) is 36.7 Å². The minimum absolute atomic E-state index is 0.109. The summed E-state index contributed by atoms with van der Waals surface area (Å²) in [5.74, 6) is -0.484. The fourth-order valence-corrected chi connectivity index (χ4v) is 2.23. The minimum atomic E-state index is -0.484. The third kappa shape index (κ3) is 3.42. The molecule has 0 saturated heterocycles. The predicted octanol–water partition coefficient (Wildman–Crippen LogP) is 4.49. The van der Waals surface area contributed by atoms with Gasteiger partial charge in [-0.1, -0.05) is 56.6 Å². The van der Waals surface area contributed by atoms with Gasteiger partial charge in [-0.25, -0.2) is 9.78 Å². The third-order valence-electron chi connectivity index (χ3n) is 3.30. The summed E-state index contributed by atoms with van der Waals surface area (Å²) in [5, 5.41) is 0.152. The highest BCUT2D eigenvalue weighted by atomic mass is 35.5. The molecule has 0 aliphatic carbocycles. The Morgan fingerprint density at radius 1 is 1.10 bits per heavy atom. The molecular formula is C17H18ClNO2. The molecule has 0 aliphatic rings. The Hall–Kier alpha value is -1.87. The van der Waals surface area contributed by atoms with Crippen molar-refractivity contribution in [3.63, 3.8) is 0 Å². The van der Waals surface area contributed by atoms with Crippen molar-refractivity contribution in [3.8, 4) is 11.3 Å². The summed E-state index contributed by atoms with van der Waals surface area (Å²) in [5.41, 5.74) is 3.32. The highest BCUT2D eigenvalue weighted by Gasteiger charge is 2.15. The van der Waals surface area contributed by atoms with Gasteiger partial charge in [0.15, 0.2) is 0 Å². The number of ether oxygens (including phenoxy) is 1. The Morgan fingerprint density at radius 3 is 2.19 bits per heavy atom. The maximum absolute atomic E-state index is 11.5. The van der Waals surface area contributed by atoms with Crippen molar-refractivity contribution < 1.29 is 9.53 Å². The number of carbonyl (C=O) groups excluding carboxylic acids is 1. The van der Waals surface area contributed by atoms with Crippen LogP contribution in [0.3, 0.4) is 0 Å². The molecule has 1 heterocycles. The molecule has 0 radical (unpaired) electrons. The van der Waals surface area contributed by atoms with Crippen LogP contribution in [0, 0.1) is 0 Å². The van der Waals surface area contributed by atoms with Gasteiger partial charge in [-0.2, -0.15) is 0 Å². The van der Waals surface area contributed by atoms with Crippen LogP contribution < -0.4 is 0 Å². The average molecular weight is 304 g/mol. The number of aromatic nitrogens is 1. The van der Waals surface area contributed by atoms with Crippen molar-refractivity contribution in [2.75, 3.05) is 7.11 Å². The number of hydrogen-bond donors (Lipinski definition) is 0. The summed E-state index contributed by atoms with van der Waals surface area (Å²) in [7, 11) is 1.32. The number of rotatable bonds is 2. The van der Waals surface area contributed by atoms with Crippen molar-refractivity contribution in [2.45, 2.75) is 26.2 Å². The van der Waals surface area contributed by atoms with Gasteiger partial charge < -0.3 is 4.74 Å². The maximum Gasteiger partial charge on any atom is 0.341 e. The minimum Gasteiger partial charge on any atom is -0.465 e. The summed E-state index contributed by atoms with van der Waals surface area (Å²) in [6, 6.07) is 11.6. The van der Waals surface area contributed by atoms with E-state index in [1.165, 1.54) is 12.7 Å². The number of hydrogen-bond acceptors (Lipinski definition) is 3. The zero-order valence-corrected chi connectivity index (χ0v) is 13.4. The van der Waals surface area contributed by atoms with E-state index in [4.69, 9.17) is 11.6 Å². The van der Waals surface area contributed by atoms with Crippen LogP contribution in [0.4, 0.5) is 0 Å². The highest BCUT2D eigenvalue weighted by molar-refractivity contribution is 6.32. The summed E-state index contributed by atoms with van der Waals surface area (Å²) < 4.78 is 4.65. The molecule has 0 saturated carbocycles. The summed E-state index contributed by atoms with van der Waals surface area (Å²) in [6.45, 7) is 6.51. The monoisotopic (exact) mass is 303 g/mol. The van der Waals surface area contributed by atoms with Crippen molar-refractivity contribution in [1.29, 1.82) is 0 Å². The molecule has 2 aromatic rings. The number of esters is 1. The van der Waals surface area contributed by atoms with Gasteiger partial charge in [0, 0.05) is 5.56 Å². The van der Waals surface area contributed by atoms with Gasteiger partial charge in [-0.05, 0) is 23.1 Å². The lowest BCUT2D eigenvalue weighted by Gasteiger charge is -2.19. The van der Waals surface area contributed by atoms with E-state index in [1.54, 1.807) is 12.1 Å². The molecule has 110 valence electrons. The molecule has 0 aliphatic heterocycles. The standard InChI is InChI=1S/C17H18ClNO2/c1-17(2,3)12-7-5-11(6-8-12)14-10-9-13(15(18)19-14)16(20)21-4/h5-10H,1-4H3. The molecule has 0 spiro atoms. The molecule has 1 aromatic heterocycles. The second-order valence-corrected chi connectivity index (χ2v) is 6.21. The topological polar surface area (TPSA) is 39.2 Å². The quantitative estimate of drug-likeness (QED) is 0.606.